The summed E-state index contributed by atoms with van der Waals surface area (Å²) >= 11 is 0. The number of hydrogen-bond donors (Lipinski definition) is 2. The molecule has 2 aromatic rings. The molecule has 1 heterocycles. The highest BCUT2D eigenvalue weighted by molar-refractivity contribution is 5.90. The van der Waals surface area contributed by atoms with Crippen LogP contribution in [0.1, 0.15) is 31.2 Å². The molecule has 126 valence electrons. The molecule has 6 heteroatoms. The fraction of sp³-hybridized carbons (Fsp3) is 0.389. The summed E-state index contributed by atoms with van der Waals surface area (Å²) in [6.07, 6.45) is 7.00. The lowest BCUT2D eigenvalue weighted by Gasteiger charge is -2.28. The molecule has 1 fully saturated rings. The third kappa shape index (κ3) is 4.44. The first-order chi connectivity index (χ1) is 11.7. The Balaban J connectivity index is 1.43. The molecular formula is C18H22N4O2. The molecule has 2 amide bonds. The third-order valence-corrected chi connectivity index (χ3v) is 4.22. The molecule has 1 aromatic heterocycles. The number of nitrogens with one attached hydrogen (secondary N) is 2. The van der Waals surface area contributed by atoms with Crippen molar-refractivity contribution in [1.29, 1.82) is 0 Å². The summed E-state index contributed by atoms with van der Waals surface area (Å²) in [6, 6.07) is 9.95. The number of urea groups is 1. The first-order valence-electron chi connectivity index (χ1n) is 8.27. The molecule has 1 aliphatic rings. The number of carbonyl (C=O) groups is 1. The zero-order chi connectivity index (χ0) is 16.8. The van der Waals surface area contributed by atoms with Gasteiger partial charge in [0, 0.05) is 24.1 Å². The Hall–Kier alpha value is -2.63. The largest absolute Gasteiger partial charge is 0.460 e. The minimum absolute atomic E-state index is 0.116. The highest BCUT2D eigenvalue weighted by atomic mass is 16.5. The van der Waals surface area contributed by atoms with Gasteiger partial charge in [-0.1, -0.05) is 18.2 Å². The van der Waals surface area contributed by atoms with E-state index in [1.807, 2.05) is 31.2 Å². The molecule has 0 aliphatic heterocycles. The van der Waals surface area contributed by atoms with E-state index in [0.717, 1.165) is 36.9 Å². The standard InChI is InChI=1S/C18H22N4O2/c1-13-5-2-3-6-16(13)22-17(23)21-14-7-9-15(10-8-14)24-18-19-11-4-12-20-18/h2-6,11-12,14-15H,7-10H2,1H3,(H2,21,22,23). The summed E-state index contributed by atoms with van der Waals surface area (Å²) in [6.45, 7) is 1.98. The van der Waals surface area contributed by atoms with E-state index in [1.54, 1.807) is 18.5 Å². The van der Waals surface area contributed by atoms with Crippen molar-refractivity contribution in [3.63, 3.8) is 0 Å². The van der Waals surface area contributed by atoms with E-state index in [1.165, 1.54) is 0 Å². The van der Waals surface area contributed by atoms with Crippen molar-refractivity contribution in [2.24, 2.45) is 0 Å². The van der Waals surface area contributed by atoms with Crippen LogP contribution in [0.15, 0.2) is 42.7 Å². The number of nitrogens with zero attached hydrogens (tertiary/aromatic N) is 2. The predicted molar refractivity (Wildman–Crippen MR) is 92.0 cm³/mol. The maximum Gasteiger partial charge on any atom is 0.319 e. The van der Waals surface area contributed by atoms with Crippen LogP contribution in [-0.4, -0.2) is 28.1 Å². The van der Waals surface area contributed by atoms with E-state index in [0.29, 0.717) is 6.01 Å². The predicted octanol–water partition coefficient (Wildman–Crippen LogP) is 3.30. The maximum atomic E-state index is 12.1. The van der Waals surface area contributed by atoms with Gasteiger partial charge < -0.3 is 15.4 Å². The number of para-hydroxylation sites is 1. The van der Waals surface area contributed by atoms with Crippen LogP contribution in [0.2, 0.25) is 0 Å². The molecular weight excluding hydrogens is 304 g/mol. The Morgan fingerprint density at radius 1 is 1.08 bits per heavy atom. The van der Waals surface area contributed by atoms with Crippen LogP contribution in [0.25, 0.3) is 0 Å². The van der Waals surface area contributed by atoms with Crippen molar-refractivity contribution in [1.82, 2.24) is 15.3 Å². The number of amides is 2. The molecule has 3 rings (SSSR count). The number of rotatable bonds is 4. The number of carbonyl (C=O) groups excluding carboxylic acids is 1. The van der Waals surface area contributed by atoms with Crippen LogP contribution in [-0.2, 0) is 0 Å². The van der Waals surface area contributed by atoms with Gasteiger partial charge in [0.25, 0.3) is 0 Å². The van der Waals surface area contributed by atoms with E-state index in [4.69, 9.17) is 4.74 Å². The first-order valence-corrected chi connectivity index (χ1v) is 8.27. The van der Waals surface area contributed by atoms with E-state index in [2.05, 4.69) is 20.6 Å². The zero-order valence-corrected chi connectivity index (χ0v) is 13.7. The summed E-state index contributed by atoms with van der Waals surface area (Å²) in [7, 11) is 0. The topological polar surface area (TPSA) is 76.1 Å². The van der Waals surface area contributed by atoms with Crippen molar-refractivity contribution < 1.29 is 9.53 Å². The van der Waals surface area contributed by atoms with Gasteiger partial charge in [-0.2, -0.15) is 0 Å². The summed E-state index contributed by atoms with van der Waals surface area (Å²) in [4.78, 5) is 20.3. The summed E-state index contributed by atoms with van der Waals surface area (Å²) in [5.74, 6) is 0. The van der Waals surface area contributed by atoms with Gasteiger partial charge in [0.05, 0.1) is 0 Å². The van der Waals surface area contributed by atoms with Crippen molar-refractivity contribution in [2.75, 3.05) is 5.32 Å². The second kappa shape index (κ2) is 7.77. The average Bonchev–Trinajstić information content (AvgIpc) is 2.60. The van der Waals surface area contributed by atoms with Crippen molar-refractivity contribution in [2.45, 2.75) is 44.8 Å². The molecule has 1 aliphatic carbocycles. The van der Waals surface area contributed by atoms with Crippen molar-refractivity contribution in [3.8, 4) is 6.01 Å². The number of aromatic nitrogens is 2. The van der Waals surface area contributed by atoms with E-state index < -0.39 is 0 Å². The number of hydrogen-bond acceptors (Lipinski definition) is 4. The maximum absolute atomic E-state index is 12.1. The molecule has 1 saturated carbocycles. The van der Waals surface area contributed by atoms with Crippen molar-refractivity contribution >= 4 is 11.7 Å². The molecule has 24 heavy (non-hydrogen) atoms. The minimum atomic E-state index is -0.153. The molecule has 2 N–H and O–H groups in total. The monoisotopic (exact) mass is 326 g/mol. The highest BCUT2D eigenvalue weighted by Gasteiger charge is 2.24. The molecule has 0 bridgehead atoms. The Bertz CT molecular complexity index is 670. The molecule has 0 saturated heterocycles. The summed E-state index contributed by atoms with van der Waals surface area (Å²) < 4.78 is 5.77. The smallest absolute Gasteiger partial charge is 0.319 e. The Morgan fingerprint density at radius 3 is 2.50 bits per heavy atom. The van der Waals surface area contributed by atoms with Crippen LogP contribution in [0.4, 0.5) is 10.5 Å². The summed E-state index contributed by atoms with van der Waals surface area (Å²) in [5, 5.41) is 5.95. The van der Waals surface area contributed by atoms with E-state index >= 15 is 0 Å². The van der Waals surface area contributed by atoms with Gasteiger partial charge in [-0.25, -0.2) is 14.8 Å². The second-order valence-corrected chi connectivity index (χ2v) is 6.04. The lowest BCUT2D eigenvalue weighted by atomic mass is 9.93. The molecule has 0 unspecified atom stereocenters. The SMILES string of the molecule is Cc1ccccc1NC(=O)NC1CCC(Oc2ncccn2)CC1. The molecule has 0 radical (unpaired) electrons. The van der Waals surface area contributed by atoms with Gasteiger partial charge in [0.1, 0.15) is 6.10 Å². The van der Waals surface area contributed by atoms with E-state index in [-0.39, 0.29) is 18.2 Å². The number of benzene rings is 1. The molecule has 1 aromatic carbocycles. The average molecular weight is 326 g/mol. The number of anilines is 1. The molecule has 0 spiro atoms. The van der Waals surface area contributed by atoms with Gasteiger partial charge in [0.15, 0.2) is 0 Å². The van der Waals surface area contributed by atoms with Crippen LogP contribution in [0, 0.1) is 6.92 Å². The van der Waals surface area contributed by atoms with Crippen LogP contribution >= 0.6 is 0 Å². The van der Waals surface area contributed by atoms with Gasteiger partial charge in [-0.3, -0.25) is 0 Å². The Morgan fingerprint density at radius 2 is 1.79 bits per heavy atom. The van der Waals surface area contributed by atoms with E-state index in [9.17, 15) is 4.79 Å². The van der Waals surface area contributed by atoms with Crippen LogP contribution < -0.4 is 15.4 Å². The number of ether oxygens (including phenoxy) is 1. The quantitative estimate of drug-likeness (QED) is 0.904. The fourth-order valence-electron chi connectivity index (χ4n) is 2.88. The van der Waals surface area contributed by atoms with Gasteiger partial charge in [-0.15, -0.1) is 0 Å². The minimum Gasteiger partial charge on any atom is -0.460 e. The number of aryl methyl sites for hydroxylation is 1. The zero-order valence-electron chi connectivity index (χ0n) is 13.7. The summed E-state index contributed by atoms with van der Waals surface area (Å²) in [5.41, 5.74) is 1.89. The van der Waals surface area contributed by atoms with Crippen LogP contribution in [0.3, 0.4) is 0 Å². The third-order valence-electron chi connectivity index (χ3n) is 4.22. The Labute approximate surface area is 141 Å². The normalized spacial score (nSPS) is 20.2. The highest BCUT2D eigenvalue weighted by Crippen LogP contribution is 2.22. The fourth-order valence-corrected chi connectivity index (χ4v) is 2.88. The lowest BCUT2D eigenvalue weighted by molar-refractivity contribution is 0.129. The lowest BCUT2D eigenvalue weighted by Crippen LogP contribution is -2.41. The molecule has 6 nitrogen and oxygen atoms in total. The first kappa shape index (κ1) is 16.2. The Kier molecular flexibility index (Phi) is 5.25. The van der Waals surface area contributed by atoms with Gasteiger partial charge >= 0.3 is 12.0 Å². The van der Waals surface area contributed by atoms with Crippen LogP contribution in [0.5, 0.6) is 6.01 Å². The van der Waals surface area contributed by atoms with Gasteiger partial charge in [-0.05, 0) is 50.3 Å². The molecule has 0 atom stereocenters. The van der Waals surface area contributed by atoms with Crippen molar-refractivity contribution in [3.05, 3.63) is 48.3 Å². The van der Waals surface area contributed by atoms with Gasteiger partial charge in [0.2, 0.25) is 0 Å². The second-order valence-electron chi connectivity index (χ2n) is 6.04.